The summed E-state index contributed by atoms with van der Waals surface area (Å²) in [6, 6.07) is 18.8. The molecule has 1 saturated heterocycles. The summed E-state index contributed by atoms with van der Waals surface area (Å²) < 4.78 is 26.3. The van der Waals surface area contributed by atoms with Gasteiger partial charge in [0.2, 0.25) is 0 Å². The molecular formula is C24H23BrClFN2O2. The van der Waals surface area contributed by atoms with Crippen molar-refractivity contribution in [2.24, 2.45) is 0 Å². The molecule has 3 aromatic carbocycles. The molecule has 31 heavy (non-hydrogen) atoms. The lowest BCUT2D eigenvalue weighted by Gasteiger charge is -2.29. The van der Waals surface area contributed by atoms with Crippen LogP contribution in [0, 0.1) is 5.82 Å². The lowest BCUT2D eigenvalue weighted by atomic mass is 10.2. The van der Waals surface area contributed by atoms with Gasteiger partial charge in [-0.1, -0.05) is 33.6 Å². The van der Waals surface area contributed by atoms with Crippen molar-refractivity contribution in [3.8, 4) is 5.75 Å². The van der Waals surface area contributed by atoms with Gasteiger partial charge < -0.3 is 19.7 Å². The van der Waals surface area contributed by atoms with Crippen LogP contribution in [0.1, 0.15) is 11.1 Å². The monoisotopic (exact) mass is 504 g/mol. The Morgan fingerprint density at radius 2 is 1.84 bits per heavy atom. The second-order valence-corrected chi connectivity index (χ2v) is 8.56. The number of ether oxygens (including phenoxy) is 2. The minimum Gasteiger partial charge on any atom is -0.488 e. The van der Waals surface area contributed by atoms with Crippen molar-refractivity contribution in [1.82, 2.24) is 0 Å². The van der Waals surface area contributed by atoms with Gasteiger partial charge in [0.1, 0.15) is 18.2 Å². The first-order valence-electron chi connectivity index (χ1n) is 10.1. The molecule has 0 amide bonds. The maximum Gasteiger partial charge on any atom is 0.131 e. The van der Waals surface area contributed by atoms with Gasteiger partial charge in [-0.2, -0.15) is 0 Å². The highest BCUT2D eigenvalue weighted by molar-refractivity contribution is 9.10. The number of hydrogen-bond donors (Lipinski definition) is 1. The molecule has 162 valence electrons. The minimum atomic E-state index is -0.371. The van der Waals surface area contributed by atoms with E-state index < -0.39 is 0 Å². The van der Waals surface area contributed by atoms with Gasteiger partial charge in [0, 0.05) is 46.6 Å². The second-order valence-electron chi connectivity index (χ2n) is 7.24. The van der Waals surface area contributed by atoms with Crippen LogP contribution in [0.4, 0.5) is 15.8 Å². The zero-order valence-corrected chi connectivity index (χ0v) is 19.3. The van der Waals surface area contributed by atoms with Gasteiger partial charge in [0.05, 0.1) is 18.2 Å². The van der Waals surface area contributed by atoms with Gasteiger partial charge >= 0.3 is 0 Å². The van der Waals surface area contributed by atoms with E-state index in [-0.39, 0.29) is 12.4 Å². The minimum absolute atomic E-state index is 0.0639. The number of morpholine rings is 1. The van der Waals surface area contributed by atoms with E-state index >= 15 is 0 Å². The van der Waals surface area contributed by atoms with Crippen LogP contribution in [-0.4, -0.2) is 26.3 Å². The molecule has 3 aromatic rings. The first kappa shape index (κ1) is 21.9. The largest absolute Gasteiger partial charge is 0.488 e. The maximum atomic E-state index is 14.1. The molecule has 0 saturated carbocycles. The number of halogens is 3. The standard InChI is InChI=1S/C24H23BrClFN2O2/c25-18-4-9-24(31-16-21-22(26)2-1-3-23(21)27)17(14-18)15-28-19-5-7-20(8-6-19)29-10-12-30-13-11-29/h1-9,14,28H,10-13,15-16H2. The quantitative estimate of drug-likeness (QED) is 0.410. The van der Waals surface area contributed by atoms with Gasteiger partial charge in [-0.3, -0.25) is 0 Å². The van der Waals surface area contributed by atoms with Crippen molar-refractivity contribution < 1.29 is 13.9 Å². The van der Waals surface area contributed by atoms with Crippen LogP contribution in [0.3, 0.4) is 0 Å². The van der Waals surface area contributed by atoms with Gasteiger partial charge in [0.15, 0.2) is 0 Å². The number of rotatable bonds is 7. The normalized spacial score (nSPS) is 13.8. The van der Waals surface area contributed by atoms with Crippen LogP contribution in [0.25, 0.3) is 0 Å². The Hall–Kier alpha value is -2.28. The maximum absolute atomic E-state index is 14.1. The van der Waals surface area contributed by atoms with Crippen LogP contribution < -0.4 is 15.0 Å². The highest BCUT2D eigenvalue weighted by Crippen LogP contribution is 2.27. The van der Waals surface area contributed by atoms with E-state index in [2.05, 4.69) is 50.4 Å². The van der Waals surface area contributed by atoms with Gasteiger partial charge in [-0.05, 0) is 54.6 Å². The Labute approximate surface area is 195 Å². The molecule has 0 atom stereocenters. The fraction of sp³-hybridized carbons (Fsp3) is 0.250. The van der Waals surface area contributed by atoms with E-state index in [4.69, 9.17) is 21.1 Å². The van der Waals surface area contributed by atoms with Crippen molar-refractivity contribution in [3.05, 3.63) is 87.1 Å². The van der Waals surface area contributed by atoms with Crippen LogP contribution in [0.15, 0.2) is 65.1 Å². The van der Waals surface area contributed by atoms with E-state index in [0.29, 0.717) is 22.9 Å². The van der Waals surface area contributed by atoms with E-state index in [1.165, 1.54) is 11.8 Å². The third-order valence-electron chi connectivity index (χ3n) is 5.18. The number of nitrogens with zero attached hydrogens (tertiary/aromatic N) is 1. The molecule has 1 aliphatic heterocycles. The molecule has 1 aliphatic rings. The van der Waals surface area contributed by atoms with Gasteiger partial charge in [-0.15, -0.1) is 0 Å². The van der Waals surface area contributed by atoms with Crippen molar-refractivity contribution in [2.75, 3.05) is 36.5 Å². The zero-order chi connectivity index (χ0) is 21.6. The molecule has 0 bridgehead atoms. The molecule has 1 heterocycles. The molecule has 1 fully saturated rings. The van der Waals surface area contributed by atoms with E-state index in [0.717, 1.165) is 42.0 Å². The first-order chi connectivity index (χ1) is 15.1. The molecule has 4 nitrogen and oxygen atoms in total. The molecule has 0 aromatic heterocycles. The van der Waals surface area contributed by atoms with Crippen molar-refractivity contribution in [3.63, 3.8) is 0 Å². The van der Waals surface area contributed by atoms with Gasteiger partial charge in [-0.25, -0.2) is 4.39 Å². The summed E-state index contributed by atoms with van der Waals surface area (Å²) in [5.74, 6) is 0.310. The summed E-state index contributed by atoms with van der Waals surface area (Å²) in [6.45, 7) is 3.99. The Morgan fingerprint density at radius 3 is 2.58 bits per heavy atom. The number of benzene rings is 3. The lowest BCUT2D eigenvalue weighted by Crippen LogP contribution is -2.36. The summed E-state index contributed by atoms with van der Waals surface area (Å²) in [5, 5.41) is 3.79. The highest BCUT2D eigenvalue weighted by atomic mass is 79.9. The van der Waals surface area contributed by atoms with Crippen LogP contribution in [-0.2, 0) is 17.9 Å². The molecule has 0 spiro atoms. The molecule has 4 rings (SSSR count). The smallest absolute Gasteiger partial charge is 0.131 e. The molecule has 0 unspecified atom stereocenters. The molecular weight excluding hydrogens is 483 g/mol. The summed E-state index contributed by atoms with van der Waals surface area (Å²) in [5.41, 5.74) is 3.52. The van der Waals surface area contributed by atoms with E-state index in [9.17, 15) is 4.39 Å². The Bertz CT molecular complexity index is 1010. The predicted octanol–water partition coefficient (Wildman–Crippen LogP) is 6.27. The fourth-order valence-electron chi connectivity index (χ4n) is 3.46. The molecule has 0 aliphatic carbocycles. The fourth-order valence-corrected chi connectivity index (χ4v) is 4.08. The highest BCUT2D eigenvalue weighted by Gasteiger charge is 2.12. The summed E-state index contributed by atoms with van der Waals surface area (Å²) >= 11 is 9.64. The topological polar surface area (TPSA) is 33.7 Å². The molecule has 1 N–H and O–H groups in total. The summed E-state index contributed by atoms with van der Waals surface area (Å²) in [4.78, 5) is 2.32. The van der Waals surface area contributed by atoms with Crippen molar-refractivity contribution in [2.45, 2.75) is 13.2 Å². The van der Waals surface area contributed by atoms with Crippen LogP contribution in [0.2, 0.25) is 5.02 Å². The zero-order valence-electron chi connectivity index (χ0n) is 16.9. The van der Waals surface area contributed by atoms with E-state index in [1.54, 1.807) is 12.1 Å². The molecule has 7 heteroatoms. The number of nitrogens with one attached hydrogen (secondary N) is 1. The lowest BCUT2D eigenvalue weighted by molar-refractivity contribution is 0.122. The first-order valence-corrected chi connectivity index (χ1v) is 11.3. The van der Waals surface area contributed by atoms with Crippen LogP contribution >= 0.6 is 27.5 Å². The van der Waals surface area contributed by atoms with Gasteiger partial charge in [0.25, 0.3) is 0 Å². The Kier molecular flexibility index (Phi) is 7.33. The van der Waals surface area contributed by atoms with Crippen LogP contribution in [0.5, 0.6) is 5.75 Å². The second kappa shape index (κ2) is 10.4. The Balaban J connectivity index is 1.42. The average molecular weight is 506 g/mol. The number of hydrogen-bond acceptors (Lipinski definition) is 4. The summed E-state index contributed by atoms with van der Waals surface area (Å²) in [6.07, 6.45) is 0. The number of anilines is 2. The van der Waals surface area contributed by atoms with E-state index in [1.807, 2.05) is 18.2 Å². The Morgan fingerprint density at radius 1 is 1.06 bits per heavy atom. The van der Waals surface area contributed by atoms with Crippen molar-refractivity contribution in [1.29, 1.82) is 0 Å². The SMILES string of the molecule is Fc1cccc(Cl)c1COc1ccc(Br)cc1CNc1ccc(N2CCOCC2)cc1. The third kappa shape index (κ3) is 5.70. The molecule has 0 radical (unpaired) electrons. The average Bonchev–Trinajstić information content (AvgIpc) is 2.79. The van der Waals surface area contributed by atoms with Crippen molar-refractivity contribution >= 4 is 38.9 Å². The third-order valence-corrected chi connectivity index (χ3v) is 6.03. The summed E-state index contributed by atoms with van der Waals surface area (Å²) in [7, 11) is 0. The predicted molar refractivity (Wildman–Crippen MR) is 127 cm³/mol.